The lowest BCUT2D eigenvalue weighted by Crippen LogP contribution is -2.30. The quantitative estimate of drug-likeness (QED) is 0.723. The van der Waals surface area contributed by atoms with Gasteiger partial charge in [0.15, 0.2) is 0 Å². The molecule has 1 N–H and O–H groups in total. The smallest absolute Gasteiger partial charge is 0.104 e. The summed E-state index contributed by atoms with van der Waals surface area (Å²) < 4.78 is 10.3. The molecule has 110 valence electrons. The molecular formula is C16H23NO3. The Bertz CT molecular complexity index is 412. The van der Waals surface area contributed by atoms with Crippen molar-refractivity contribution in [1.82, 2.24) is 4.90 Å². The summed E-state index contributed by atoms with van der Waals surface area (Å²) in [5.74, 6) is 5.53. The highest BCUT2D eigenvalue weighted by Gasteiger charge is 2.05. The van der Waals surface area contributed by atoms with E-state index < -0.39 is 0 Å². The SMILES string of the molecule is COCCN(CCOC)Cc1ccc(C#CCO)cc1. The summed E-state index contributed by atoms with van der Waals surface area (Å²) in [6.45, 7) is 3.94. The normalized spacial score (nSPS) is 10.4. The van der Waals surface area contributed by atoms with Crippen LogP contribution < -0.4 is 0 Å². The van der Waals surface area contributed by atoms with Crippen LogP contribution in [-0.2, 0) is 16.0 Å². The molecule has 0 amide bonds. The molecule has 1 rings (SSSR count). The van der Waals surface area contributed by atoms with Gasteiger partial charge >= 0.3 is 0 Å². The third-order valence-electron chi connectivity index (χ3n) is 2.90. The molecule has 0 bridgehead atoms. The predicted octanol–water partition coefficient (Wildman–Crippen LogP) is 1.13. The first kappa shape index (κ1) is 16.7. The van der Waals surface area contributed by atoms with Crippen LogP contribution in [-0.4, -0.2) is 57.1 Å². The van der Waals surface area contributed by atoms with Crippen LogP contribution in [0.3, 0.4) is 0 Å². The molecule has 4 nitrogen and oxygen atoms in total. The topological polar surface area (TPSA) is 41.9 Å². The summed E-state index contributed by atoms with van der Waals surface area (Å²) in [7, 11) is 3.42. The summed E-state index contributed by atoms with van der Waals surface area (Å²) in [5.41, 5.74) is 2.15. The van der Waals surface area contributed by atoms with Gasteiger partial charge in [0.05, 0.1) is 13.2 Å². The van der Waals surface area contributed by atoms with Crippen LogP contribution >= 0.6 is 0 Å². The Labute approximate surface area is 121 Å². The highest BCUT2D eigenvalue weighted by molar-refractivity contribution is 5.36. The molecule has 20 heavy (non-hydrogen) atoms. The maximum absolute atomic E-state index is 8.66. The lowest BCUT2D eigenvalue weighted by atomic mass is 10.1. The van der Waals surface area contributed by atoms with Crippen LogP contribution in [0.25, 0.3) is 0 Å². The van der Waals surface area contributed by atoms with E-state index in [2.05, 4.69) is 28.9 Å². The van der Waals surface area contributed by atoms with E-state index in [1.807, 2.05) is 12.1 Å². The predicted molar refractivity (Wildman–Crippen MR) is 79.4 cm³/mol. The van der Waals surface area contributed by atoms with E-state index in [1.54, 1.807) is 14.2 Å². The Balaban J connectivity index is 2.57. The number of nitrogens with zero attached hydrogens (tertiary/aromatic N) is 1. The van der Waals surface area contributed by atoms with Gasteiger partial charge < -0.3 is 14.6 Å². The fraction of sp³-hybridized carbons (Fsp3) is 0.500. The molecule has 0 saturated heterocycles. The number of benzene rings is 1. The fourth-order valence-corrected chi connectivity index (χ4v) is 1.80. The molecule has 0 heterocycles. The monoisotopic (exact) mass is 277 g/mol. The van der Waals surface area contributed by atoms with Gasteiger partial charge in [-0.25, -0.2) is 0 Å². The second kappa shape index (κ2) is 10.4. The minimum absolute atomic E-state index is 0.108. The Kier molecular flexibility index (Phi) is 8.68. The van der Waals surface area contributed by atoms with Crippen molar-refractivity contribution in [2.75, 3.05) is 47.1 Å². The Hall–Kier alpha value is -1.38. The average Bonchev–Trinajstić information content (AvgIpc) is 2.49. The third kappa shape index (κ3) is 6.69. The number of methoxy groups -OCH3 is 2. The Morgan fingerprint density at radius 3 is 2.15 bits per heavy atom. The summed E-state index contributed by atoms with van der Waals surface area (Å²) in [6, 6.07) is 8.08. The lowest BCUT2D eigenvalue weighted by molar-refractivity contribution is 0.110. The zero-order valence-electron chi connectivity index (χ0n) is 12.3. The highest BCUT2D eigenvalue weighted by Crippen LogP contribution is 2.07. The molecule has 0 saturated carbocycles. The molecule has 1 aromatic rings. The number of rotatable bonds is 8. The first-order chi connectivity index (χ1) is 9.80. The molecule has 4 heteroatoms. The average molecular weight is 277 g/mol. The van der Waals surface area contributed by atoms with Crippen molar-refractivity contribution in [3.63, 3.8) is 0 Å². The van der Waals surface area contributed by atoms with E-state index in [0.717, 1.165) is 25.2 Å². The van der Waals surface area contributed by atoms with Gasteiger partial charge in [-0.2, -0.15) is 0 Å². The van der Waals surface area contributed by atoms with Crippen molar-refractivity contribution in [2.24, 2.45) is 0 Å². The first-order valence-corrected chi connectivity index (χ1v) is 6.69. The van der Waals surface area contributed by atoms with Crippen molar-refractivity contribution in [1.29, 1.82) is 0 Å². The molecule has 0 spiro atoms. The number of aliphatic hydroxyl groups excluding tert-OH is 1. The van der Waals surface area contributed by atoms with Crippen LogP contribution in [0.4, 0.5) is 0 Å². The number of hydrogen-bond donors (Lipinski definition) is 1. The van der Waals surface area contributed by atoms with Crippen LogP contribution in [0.5, 0.6) is 0 Å². The van der Waals surface area contributed by atoms with E-state index in [0.29, 0.717) is 13.2 Å². The van der Waals surface area contributed by atoms with E-state index in [4.69, 9.17) is 14.6 Å². The molecule has 0 aliphatic carbocycles. The third-order valence-corrected chi connectivity index (χ3v) is 2.90. The molecule has 0 atom stereocenters. The van der Waals surface area contributed by atoms with Crippen LogP contribution in [0.15, 0.2) is 24.3 Å². The van der Waals surface area contributed by atoms with Crippen molar-refractivity contribution in [3.05, 3.63) is 35.4 Å². The first-order valence-electron chi connectivity index (χ1n) is 6.69. The van der Waals surface area contributed by atoms with Gasteiger partial charge in [-0.05, 0) is 17.7 Å². The van der Waals surface area contributed by atoms with Crippen molar-refractivity contribution in [3.8, 4) is 11.8 Å². The van der Waals surface area contributed by atoms with Crippen molar-refractivity contribution >= 4 is 0 Å². The Morgan fingerprint density at radius 2 is 1.65 bits per heavy atom. The van der Waals surface area contributed by atoms with Gasteiger partial charge in [-0.1, -0.05) is 24.0 Å². The van der Waals surface area contributed by atoms with Crippen LogP contribution in [0, 0.1) is 11.8 Å². The van der Waals surface area contributed by atoms with Gasteiger partial charge in [-0.3, -0.25) is 4.90 Å². The maximum atomic E-state index is 8.66. The number of aliphatic hydroxyl groups is 1. The summed E-state index contributed by atoms with van der Waals surface area (Å²) in [4.78, 5) is 2.29. The van der Waals surface area contributed by atoms with Gasteiger partial charge in [0, 0.05) is 39.4 Å². The standard InChI is InChI=1S/C16H23NO3/c1-19-12-9-17(10-13-20-2)14-16-7-5-15(6-8-16)4-3-11-18/h5-8,18H,9-14H2,1-2H3. The molecule has 0 radical (unpaired) electrons. The molecule has 0 aliphatic rings. The minimum atomic E-state index is -0.108. The maximum Gasteiger partial charge on any atom is 0.104 e. The molecule has 0 aromatic heterocycles. The molecule has 0 fully saturated rings. The van der Waals surface area contributed by atoms with E-state index in [-0.39, 0.29) is 6.61 Å². The summed E-state index contributed by atoms with van der Waals surface area (Å²) in [5, 5.41) is 8.66. The van der Waals surface area contributed by atoms with Crippen LogP contribution in [0.2, 0.25) is 0 Å². The van der Waals surface area contributed by atoms with Gasteiger partial charge in [0.2, 0.25) is 0 Å². The Morgan fingerprint density at radius 1 is 1.05 bits per heavy atom. The van der Waals surface area contributed by atoms with E-state index in [1.165, 1.54) is 5.56 Å². The van der Waals surface area contributed by atoms with Crippen molar-refractivity contribution in [2.45, 2.75) is 6.54 Å². The van der Waals surface area contributed by atoms with E-state index in [9.17, 15) is 0 Å². The number of ether oxygens (including phenoxy) is 2. The second-order valence-electron chi connectivity index (χ2n) is 4.42. The molecular weight excluding hydrogens is 254 g/mol. The molecule has 1 aromatic carbocycles. The fourth-order valence-electron chi connectivity index (χ4n) is 1.80. The van der Waals surface area contributed by atoms with Gasteiger partial charge in [0.1, 0.15) is 6.61 Å². The molecule has 0 unspecified atom stereocenters. The van der Waals surface area contributed by atoms with Crippen molar-refractivity contribution < 1.29 is 14.6 Å². The minimum Gasteiger partial charge on any atom is -0.384 e. The zero-order chi connectivity index (χ0) is 14.6. The zero-order valence-corrected chi connectivity index (χ0v) is 12.3. The number of hydrogen-bond acceptors (Lipinski definition) is 4. The molecule has 0 aliphatic heterocycles. The van der Waals surface area contributed by atoms with Crippen LogP contribution in [0.1, 0.15) is 11.1 Å². The summed E-state index contributed by atoms with van der Waals surface area (Å²) >= 11 is 0. The lowest BCUT2D eigenvalue weighted by Gasteiger charge is -2.21. The van der Waals surface area contributed by atoms with E-state index >= 15 is 0 Å². The summed E-state index contributed by atoms with van der Waals surface area (Å²) in [6.07, 6.45) is 0. The highest BCUT2D eigenvalue weighted by atomic mass is 16.5. The largest absolute Gasteiger partial charge is 0.384 e. The van der Waals surface area contributed by atoms with Gasteiger partial charge in [0.25, 0.3) is 0 Å². The van der Waals surface area contributed by atoms with Gasteiger partial charge in [-0.15, -0.1) is 0 Å². The second-order valence-corrected chi connectivity index (χ2v) is 4.42.